The van der Waals surface area contributed by atoms with Crippen molar-refractivity contribution in [2.45, 2.75) is 32.0 Å². The normalized spacial score (nSPS) is 18.8. The molecule has 0 bridgehead atoms. The summed E-state index contributed by atoms with van der Waals surface area (Å²) >= 11 is 0. The molecule has 0 aromatic heterocycles. The second-order valence-electron chi connectivity index (χ2n) is 5.69. The summed E-state index contributed by atoms with van der Waals surface area (Å²) in [6, 6.07) is 3.97. The van der Waals surface area contributed by atoms with E-state index in [1.807, 2.05) is 0 Å². The Morgan fingerprint density at radius 1 is 1.33 bits per heavy atom. The van der Waals surface area contributed by atoms with Gasteiger partial charge in [-0.2, -0.15) is 13.2 Å². The molecule has 0 aliphatic carbocycles. The number of alkyl halides is 3. The van der Waals surface area contributed by atoms with E-state index in [4.69, 9.17) is 0 Å². The molecule has 1 fully saturated rings. The highest BCUT2D eigenvalue weighted by Crippen LogP contribution is 2.29. The summed E-state index contributed by atoms with van der Waals surface area (Å²) in [4.78, 5) is 25.3. The van der Waals surface area contributed by atoms with Crippen molar-refractivity contribution in [3.05, 3.63) is 35.4 Å². The van der Waals surface area contributed by atoms with E-state index in [9.17, 15) is 22.8 Å². The summed E-state index contributed by atoms with van der Waals surface area (Å²) in [7, 11) is 0. The van der Waals surface area contributed by atoms with Gasteiger partial charge in [-0.1, -0.05) is 12.1 Å². The highest BCUT2D eigenvalue weighted by molar-refractivity contribution is 5.87. The fourth-order valence-electron chi connectivity index (χ4n) is 2.50. The molecule has 0 radical (unpaired) electrons. The molecular formula is C16H20F3N3O2. The summed E-state index contributed by atoms with van der Waals surface area (Å²) in [5.41, 5.74) is 0.00430. The van der Waals surface area contributed by atoms with Crippen LogP contribution in [0.1, 0.15) is 24.5 Å². The molecule has 5 nitrogen and oxygen atoms in total. The van der Waals surface area contributed by atoms with Crippen molar-refractivity contribution in [2.24, 2.45) is 0 Å². The molecule has 8 heteroatoms. The quantitative estimate of drug-likeness (QED) is 0.884. The smallest absolute Gasteiger partial charge is 0.354 e. The van der Waals surface area contributed by atoms with Crippen LogP contribution in [0.5, 0.6) is 0 Å². The van der Waals surface area contributed by atoms with Crippen LogP contribution in [0.25, 0.3) is 0 Å². The molecule has 0 saturated carbocycles. The van der Waals surface area contributed by atoms with E-state index in [2.05, 4.69) is 10.6 Å². The van der Waals surface area contributed by atoms with Gasteiger partial charge in [0, 0.05) is 19.6 Å². The fraction of sp³-hybridized carbons (Fsp3) is 0.500. The number of hydrogen-bond donors (Lipinski definition) is 2. The topological polar surface area (TPSA) is 61.4 Å². The predicted molar refractivity (Wildman–Crippen MR) is 82.3 cm³/mol. The Balaban J connectivity index is 1.85. The summed E-state index contributed by atoms with van der Waals surface area (Å²) in [5.74, 6) is -0.189. The first-order valence-corrected chi connectivity index (χ1v) is 7.77. The summed E-state index contributed by atoms with van der Waals surface area (Å²) in [5, 5.41) is 5.44. The van der Waals surface area contributed by atoms with E-state index in [1.54, 1.807) is 6.92 Å². The Labute approximate surface area is 138 Å². The van der Waals surface area contributed by atoms with Gasteiger partial charge in [-0.05, 0) is 37.5 Å². The molecular weight excluding hydrogens is 323 g/mol. The number of amides is 3. The monoisotopic (exact) mass is 343 g/mol. The molecule has 2 N–H and O–H groups in total. The molecule has 1 aromatic carbocycles. The van der Waals surface area contributed by atoms with Gasteiger partial charge in [-0.25, -0.2) is 4.79 Å². The number of urea groups is 1. The molecule has 1 saturated heterocycles. The number of rotatable bonds is 3. The molecule has 1 unspecified atom stereocenters. The van der Waals surface area contributed by atoms with E-state index in [-0.39, 0.29) is 18.5 Å². The number of nitrogens with zero attached hydrogens (tertiary/aromatic N) is 1. The third kappa shape index (κ3) is 4.62. The third-order valence-corrected chi connectivity index (χ3v) is 3.95. The lowest BCUT2D eigenvalue weighted by Gasteiger charge is -2.25. The van der Waals surface area contributed by atoms with Gasteiger partial charge in [0.15, 0.2) is 0 Å². The van der Waals surface area contributed by atoms with Gasteiger partial charge in [0.1, 0.15) is 6.04 Å². The van der Waals surface area contributed by atoms with Crippen molar-refractivity contribution in [1.82, 2.24) is 15.5 Å². The van der Waals surface area contributed by atoms with E-state index < -0.39 is 17.8 Å². The molecule has 1 aliphatic rings. The van der Waals surface area contributed by atoms with Gasteiger partial charge in [0.25, 0.3) is 0 Å². The first-order valence-electron chi connectivity index (χ1n) is 7.77. The van der Waals surface area contributed by atoms with Crippen LogP contribution < -0.4 is 10.6 Å². The average molecular weight is 343 g/mol. The summed E-state index contributed by atoms with van der Waals surface area (Å²) < 4.78 is 37.5. The van der Waals surface area contributed by atoms with E-state index in [0.717, 1.165) is 12.1 Å². The lowest BCUT2D eigenvalue weighted by atomic mass is 10.1. The lowest BCUT2D eigenvalue weighted by molar-refractivity contribution is -0.137. The molecule has 1 atom stereocenters. The highest BCUT2D eigenvalue weighted by atomic mass is 19.4. The molecule has 1 aromatic rings. The van der Waals surface area contributed by atoms with Gasteiger partial charge >= 0.3 is 12.2 Å². The molecule has 2 rings (SSSR count). The van der Waals surface area contributed by atoms with Crippen LogP contribution >= 0.6 is 0 Å². The van der Waals surface area contributed by atoms with Crippen molar-refractivity contribution >= 4 is 11.9 Å². The number of carbonyl (C=O) groups is 2. The van der Waals surface area contributed by atoms with E-state index in [1.165, 1.54) is 17.0 Å². The van der Waals surface area contributed by atoms with Gasteiger partial charge in [-0.15, -0.1) is 0 Å². The van der Waals surface area contributed by atoms with Crippen molar-refractivity contribution in [2.75, 3.05) is 19.6 Å². The van der Waals surface area contributed by atoms with Gasteiger partial charge in [0.2, 0.25) is 5.91 Å². The minimum atomic E-state index is -4.35. The van der Waals surface area contributed by atoms with Crippen LogP contribution in [0, 0.1) is 0 Å². The third-order valence-electron chi connectivity index (χ3n) is 3.95. The highest BCUT2D eigenvalue weighted by Gasteiger charge is 2.30. The molecule has 1 aliphatic heterocycles. The molecule has 132 valence electrons. The maximum absolute atomic E-state index is 12.5. The Morgan fingerprint density at radius 3 is 2.62 bits per heavy atom. The zero-order chi connectivity index (χ0) is 17.7. The zero-order valence-electron chi connectivity index (χ0n) is 13.3. The number of benzene rings is 1. The molecule has 24 heavy (non-hydrogen) atoms. The van der Waals surface area contributed by atoms with Crippen molar-refractivity contribution in [3.8, 4) is 0 Å². The maximum Gasteiger partial charge on any atom is 0.416 e. The fourth-order valence-corrected chi connectivity index (χ4v) is 2.50. The summed E-state index contributed by atoms with van der Waals surface area (Å²) in [6.45, 7) is 2.97. The first-order chi connectivity index (χ1) is 11.3. The van der Waals surface area contributed by atoms with Crippen molar-refractivity contribution < 1.29 is 22.8 Å². The maximum atomic E-state index is 12.5. The SMILES string of the molecule is CC1C(=O)NCCCN1C(=O)NCCc1ccc(C(F)(F)F)cc1. The Kier molecular flexibility index (Phi) is 5.69. The summed E-state index contributed by atoms with van der Waals surface area (Å²) in [6.07, 6.45) is -3.25. The van der Waals surface area contributed by atoms with E-state index in [0.29, 0.717) is 31.5 Å². The van der Waals surface area contributed by atoms with Crippen LogP contribution in [0.15, 0.2) is 24.3 Å². The standard InChI is InChI=1S/C16H20F3N3O2/c1-11-14(23)20-8-2-10-22(11)15(24)21-9-7-12-3-5-13(6-4-12)16(17,18)19/h3-6,11H,2,7-10H2,1H3,(H,20,23)(H,21,24). The molecule has 0 spiro atoms. The second-order valence-corrected chi connectivity index (χ2v) is 5.69. The van der Waals surface area contributed by atoms with Gasteiger partial charge in [0.05, 0.1) is 5.56 Å². The Hall–Kier alpha value is -2.25. The Bertz CT molecular complexity index is 587. The second kappa shape index (κ2) is 7.55. The van der Waals surface area contributed by atoms with Crippen molar-refractivity contribution in [3.63, 3.8) is 0 Å². The number of carbonyl (C=O) groups excluding carboxylic acids is 2. The number of hydrogen-bond acceptors (Lipinski definition) is 2. The predicted octanol–water partition coefficient (Wildman–Crippen LogP) is 2.17. The Morgan fingerprint density at radius 2 is 2.00 bits per heavy atom. The van der Waals surface area contributed by atoms with Crippen LogP contribution in [0.4, 0.5) is 18.0 Å². The van der Waals surface area contributed by atoms with Crippen LogP contribution in [-0.4, -0.2) is 42.5 Å². The zero-order valence-corrected chi connectivity index (χ0v) is 13.3. The van der Waals surface area contributed by atoms with Crippen molar-refractivity contribution in [1.29, 1.82) is 0 Å². The minimum absolute atomic E-state index is 0.189. The number of nitrogens with one attached hydrogen (secondary N) is 2. The molecule has 3 amide bonds. The number of halogens is 3. The molecule has 1 heterocycles. The van der Waals surface area contributed by atoms with Gasteiger partial charge in [-0.3, -0.25) is 4.79 Å². The van der Waals surface area contributed by atoms with Crippen LogP contribution in [0.3, 0.4) is 0 Å². The first kappa shape index (κ1) is 18.1. The van der Waals surface area contributed by atoms with Crippen LogP contribution in [-0.2, 0) is 17.4 Å². The van der Waals surface area contributed by atoms with E-state index >= 15 is 0 Å². The average Bonchev–Trinajstić information content (AvgIpc) is 2.69. The van der Waals surface area contributed by atoms with Crippen LogP contribution in [0.2, 0.25) is 0 Å². The lowest BCUT2D eigenvalue weighted by Crippen LogP contribution is -2.49. The largest absolute Gasteiger partial charge is 0.416 e. The minimum Gasteiger partial charge on any atom is -0.354 e. The van der Waals surface area contributed by atoms with Gasteiger partial charge < -0.3 is 15.5 Å².